The Bertz CT molecular complexity index is 504. The first kappa shape index (κ1) is 16.9. The van der Waals surface area contributed by atoms with Crippen molar-refractivity contribution in [1.82, 2.24) is 5.32 Å². The number of phenolic OH excluding ortho intramolecular Hbond substituents is 1. The summed E-state index contributed by atoms with van der Waals surface area (Å²) in [6, 6.07) is 3.36. The van der Waals surface area contributed by atoms with Gasteiger partial charge >= 0.3 is 5.97 Å². The third-order valence-electron chi connectivity index (χ3n) is 3.38. The fourth-order valence-electron chi connectivity index (χ4n) is 2.05. The van der Waals surface area contributed by atoms with Crippen LogP contribution < -0.4 is 5.32 Å². The molecule has 0 aromatic heterocycles. The summed E-state index contributed by atoms with van der Waals surface area (Å²) in [5.74, 6) is -2.16. The molecule has 6 heteroatoms. The number of aromatic hydroxyl groups is 1. The summed E-state index contributed by atoms with van der Waals surface area (Å²) < 4.78 is 13.5. The van der Waals surface area contributed by atoms with E-state index in [0.717, 1.165) is 12.5 Å². The fraction of sp³-hybridized carbons (Fsp3) is 0.467. The highest BCUT2D eigenvalue weighted by Gasteiger charge is 2.13. The van der Waals surface area contributed by atoms with Gasteiger partial charge in [0, 0.05) is 19.0 Å². The van der Waals surface area contributed by atoms with E-state index in [0.29, 0.717) is 19.4 Å². The number of carbonyl (C=O) groups is 2. The maximum absolute atomic E-state index is 13.5. The van der Waals surface area contributed by atoms with E-state index in [1.807, 2.05) is 6.92 Å². The first-order valence-corrected chi connectivity index (χ1v) is 6.92. The molecule has 0 radical (unpaired) electrons. The predicted molar refractivity (Wildman–Crippen MR) is 75.7 cm³/mol. The zero-order valence-corrected chi connectivity index (χ0v) is 11.9. The van der Waals surface area contributed by atoms with Crippen molar-refractivity contribution in [2.45, 2.75) is 32.6 Å². The lowest BCUT2D eigenvalue weighted by molar-refractivity contribution is -0.137. The van der Waals surface area contributed by atoms with Gasteiger partial charge in [0.25, 0.3) is 5.91 Å². The number of phenols is 1. The molecule has 1 aromatic rings. The van der Waals surface area contributed by atoms with Crippen molar-refractivity contribution in [2.24, 2.45) is 5.92 Å². The van der Waals surface area contributed by atoms with Crippen LogP contribution >= 0.6 is 0 Å². The number of rotatable bonds is 8. The minimum absolute atomic E-state index is 0.110. The smallest absolute Gasteiger partial charge is 0.303 e. The van der Waals surface area contributed by atoms with E-state index in [1.54, 1.807) is 0 Å². The van der Waals surface area contributed by atoms with Gasteiger partial charge in [-0.25, -0.2) is 4.39 Å². The first-order valence-electron chi connectivity index (χ1n) is 6.92. The van der Waals surface area contributed by atoms with E-state index in [4.69, 9.17) is 10.2 Å². The van der Waals surface area contributed by atoms with Crippen molar-refractivity contribution < 1.29 is 24.2 Å². The molecule has 21 heavy (non-hydrogen) atoms. The number of carboxylic acids is 1. The van der Waals surface area contributed by atoms with Gasteiger partial charge in [-0.2, -0.15) is 0 Å². The van der Waals surface area contributed by atoms with E-state index >= 15 is 0 Å². The van der Waals surface area contributed by atoms with Crippen LogP contribution in [0.4, 0.5) is 4.39 Å². The Labute approximate surface area is 122 Å². The molecule has 1 unspecified atom stereocenters. The van der Waals surface area contributed by atoms with Crippen LogP contribution in [0.1, 0.15) is 43.0 Å². The quantitative estimate of drug-likeness (QED) is 0.688. The number of benzene rings is 1. The number of amides is 1. The van der Waals surface area contributed by atoms with Crippen LogP contribution in [0.15, 0.2) is 18.2 Å². The van der Waals surface area contributed by atoms with Crippen LogP contribution in [0.3, 0.4) is 0 Å². The molecule has 0 fully saturated rings. The molecule has 0 saturated carbocycles. The molecule has 0 aliphatic carbocycles. The van der Waals surface area contributed by atoms with Crippen LogP contribution in [0.5, 0.6) is 5.75 Å². The first-order chi connectivity index (χ1) is 9.93. The average Bonchev–Trinajstić information content (AvgIpc) is 2.42. The lowest BCUT2D eigenvalue weighted by Crippen LogP contribution is -2.26. The molecule has 0 aliphatic rings. The normalized spacial score (nSPS) is 11.9. The second-order valence-corrected chi connectivity index (χ2v) is 4.92. The topological polar surface area (TPSA) is 86.6 Å². The van der Waals surface area contributed by atoms with E-state index in [-0.39, 0.29) is 23.7 Å². The molecule has 0 saturated heterocycles. The molecule has 116 valence electrons. The van der Waals surface area contributed by atoms with Crippen LogP contribution in [0, 0.1) is 11.7 Å². The molecule has 0 aliphatic heterocycles. The van der Waals surface area contributed by atoms with Gasteiger partial charge in [-0.1, -0.05) is 13.3 Å². The second-order valence-electron chi connectivity index (χ2n) is 4.92. The van der Waals surface area contributed by atoms with Gasteiger partial charge in [0.2, 0.25) is 0 Å². The average molecular weight is 297 g/mol. The third-order valence-corrected chi connectivity index (χ3v) is 3.38. The Morgan fingerprint density at radius 3 is 2.62 bits per heavy atom. The van der Waals surface area contributed by atoms with Crippen LogP contribution in [-0.4, -0.2) is 28.6 Å². The van der Waals surface area contributed by atoms with Crippen molar-refractivity contribution in [3.8, 4) is 5.75 Å². The Hall–Kier alpha value is -2.11. The molecule has 0 heterocycles. The Morgan fingerprint density at radius 1 is 1.33 bits per heavy atom. The number of carboxylic acid groups (broad SMARTS) is 1. The Morgan fingerprint density at radius 2 is 2.05 bits per heavy atom. The Kier molecular flexibility index (Phi) is 6.65. The number of hydrogen-bond donors (Lipinski definition) is 3. The van der Waals surface area contributed by atoms with Crippen LogP contribution in [-0.2, 0) is 4.79 Å². The molecule has 1 rings (SSSR count). The van der Waals surface area contributed by atoms with E-state index in [1.165, 1.54) is 12.1 Å². The highest BCUT2D eigenvalue weighted by Crippen LogP contribution is 2.16. The van der Waals surface area contributed by atoms with Crippen molar-refractivity contribution in [1.29, 1.82) is 0 Å². The standard InChI is InChI=1S/C15H20FNO4/c1-2-10(3-6-14(19)20)7-8-17-15(21)12-5-4-11(18)9-13(12)16/h4-5,9-10,18H,2-3,6-8H2,1H3,(H,17,21)(H,19,20). The maximum atomic E-state index is 13.5. The van der Waals surface area contributed by atoms with Crippen LogP contribution in [0.2, 0.25) is 0 Å². The minimum Gasteiger partial charge on any atom is -0.508 e. The molecular formula is C15H20FNO4. The summed E-state index contributed by atoms with van der Waals surface area (Å²) in [4.78, 5) is 22.3. The summed E-state index contributed by atoms with van der Waals surface area (Å²) in [5, 5.41) is 20.3. The molecule has 1 aromatic carbocycles. The summed E-state index contributed by atoms with van der Waals surface area (Å²) >= 11 is 0. The minimum atomic E-state index is -0.830. The third kappa shape index (κ3) is 5.81. The zero-order valence-electron chi connectivity index (χ0n) is 11.9. The van der Waals surface area contributed by atoms with Crippen molar-refractivity contribution in [2.75, 3.05) is 6.54 Å². The van der Waals surface area contributed by atoms with E-state index in [2.05, 4.69) is 5.32 Å². The maximum Gasteiger partial charge on any atom is 0.303 e. The fourth-order valence-corrected chi connectivity index (χ4v) is 2.05. The molecular weight excluding hydrogens is 277 g/mol. The molecule has 1 amide bonds. The van der Waals surface area contributed by atoms with Gasteiger partial charge in [0.05, 0.1) is 5.56 Å². The van der Waals surface area contributed by atoms with Gasteiger partial charge in [-0.05, 0) is 30.9 Å². The van der Waals surface area contributed by atoms with Gasteiger partial charge in [0.15, 0.2) is 0 Å². The number of hydrogen-bond acceptors (Lipinski definition) is 3. The molecule has 5 nitrogen and oxygen atoms in total. The van der Waals surface area contributed by atoms with Gasteiger partial charge in [-0.3, -0.25) is 9.59 Å². The summed E-state index contributed by atoms with van der Waals surface area (Å²) in [7, 11) is 0. The van der Waals surface area contributed by atoms with Crippen molar-refractivity contribution in [3.05, 3.63) is 29.6 Å². The molecule has 1 atom stereocenters. The number of halogens is 1. The lowest BCUT2D eigenvalue weighted by atomic mass is 9.96. The highest BCUT2D eigenvalue weighted by molar-refractivity contribution is 5.94. The summed E-state index contributed by atoms with van der Waals surface area (Å²) in [6.07, 6.45) is 2.15. The van der Waals surface area contributed by atoms with E-state index < -0.39 is 17.7 Å². The SMILES string of the molecule is CCC(CCNC(=O)c1ccc(O)cc1F)CCC(=O)O. The number of carbonyl (C=O) groups excluding carboxylic acids is 1. The van der Waals surface area contributed by atoms with Crippen molar-refractivity contribution in [3.63, 3.8) is 0 Å². The lowest BCUT2D eigenvalue weighted by Gasteiger charge is -2.14. The summed E-state index contributed by atoms with van der Waals surface area (Å²) in [6.45, 7) is 2.32. The monoisotopic (exact) mass is 297 g/mol. The van der Waals surface area contributed by atoms with Gasteiger partial charge in [0.1, 0.15) is 11.6 Å². The summed E-state index contributed by atoms with van der Waals surface area (Å²) in [5.41, 5.74) is -0.119. The Balaban J connectivity index is 2.43. The number of nitrogens with one attached hydrogen (secondary N) is 1. The van der Waals surface area contributed by atoms with E-state index in [9.17, 15) is 14.0 Å². The molecule has 3 N–H and O–H groups in total. The molecule has 0 bridgehead atoms. The van der Waals surface area contributed by atoms with Gasteiger partial charge < -0.3 is 15.5 Å². The predicted octanol–water partition coefficient (Wildman–Crippen LogP) is 2.54. The second kappa shape index (κ2) is 8.24. The highest BCUT2D eigenvalue weighted by atomic mass is 19.1. The largest absolute Gasteiger partial charge is 0.508 e. The van der Waals surface area contributed by atoms with Gasteiger partial charge in [-0.15, -0.1) is 0 Å². The van der Waals surface area contributed by atoms with Crippen molar-refractivity contribution >= 4 is 11.9 Å². The van der Waals surface area contributed by atoms with Crippen LogP contribution in [0.25, 0.3) is 0 Å². The zero-order chi connectivity index (χ0) is 15.8. The molecule has 0 spiro atoms. The number of aliphatic carboxylic acids is 1.